The molecule has 2 N–H and O–H groups in total. The van der Waals surface area contributed by atoms with Crippen molar-refractivity contribution < 1.29 is 19.7 Å². The van der Waals surface area contributed by atoms with Gasteiger partial charge in [0.15, 0.2) is 0 Å². The second-order valence-corrected chi connectivity index (χ2v) is 4.81. The zero-order valence-corrected chi connectivity index (χ0v) is 10.6. The van der Waals surface area contributed by atoms with Crippen LogP contribution >= 0.6 is 0 Å². The van der Waals surface area contributed by atoms with Gasteiger partial charge in [0.2, 0.25) is 0 Å². The molecule has 0 atom stereocenters. The molecule has 0 aliphatic rings. The molecule has 1 aromatic carbocycles. The van der Waals surface area contributed by atoms with Gasteiger partial charge in [-0.1, -0.05) is 0 Å². The minimum Gasteiger partial charge on any atom is -0.508 e. The van der Waals surface area contributed by atoms with Gasteiger partial charge >= 0.3 is 5.97 Å². The molecule has 4 nitrogen and oxygen atoms in total. The van der Waals surface area contributed by atoms with E-state index in [9.17, 15) is 9.90 Å². The number of aliphatic carboxylic acids is 1. The lowest BCUT2D eigenvalue weighted by atomic mass is 9.84. The minimum absolute atomic E-state index is 0.122. The molecule has 0 heterocycles. The number of carboxylic acids is 1. The number of phenolic OH excluding ortho intramolecular Hbond substituents is 1. The predicted octanol–water partition coefficient (Wildman–Crippen LogP) is 2.36. The third-order valence-corrected chi connectivity index (χ3v) is 2.83. The number of benzene rings is 1. The van der Waals surface area contributed by atoms with Crippen molar-refractivity contribution in [2.75, 3.05) is 7.11 Å². The molecule has 0 bridgehead atoms. The topological polar surface area (TPSA) is 66.8 Å². The Labute approximate surface area is 101 Å². The standard InChI is InChI=1S/C13H18O4/c1-8-5-9(14)6-11(17-4)10(8)7-13(2,3)12(15)16/h5-6,14H,7H2,1-4H3,(H,15,16). The quantitative estimate of drug-likeness (QED) is 0.845. The first-order valence-electron chi connectivity index (χ1n) is 5.38. The maximum Gasteiger partial charge on any atom is 0.309 e. The highest BCUT2D eigenvalue weighted by Crippen LogP contribution is 2.33. The molecule has 0 aromatic heterocycles. The van der Waals surface area contributed by atoms with E-state index in [0.717, 1.165) is 11.1 Å². The molecule has 0 radical (unpaired) electrons. The smallest absolute Gasteiger partial charge is 0.309 e. The maximum atomic E-state index is 11.1. The number of ether oxygens (including phenoxy) is 1. The Bertz CT molecular complexity index is 435. The number of phenols is 1. The third kappa shape index (κ3) is 2.90. The second kappa shape index (κ2) is 4.65. The molecule has 0 saturated heterocycles. The molecule has 1 rings (SSSR count). The summed E-state index contributed by atoms with van der Waals surface area (Å²) in [4.78, 5) is 11.1. The van der Waals surface area contributed by atoms with Gasteiger partial charge in [-0.15, -0.1) is 0 Å². The van der Waals surface area contributed by atoms with Crippen molar-refractivity contribution >= 4 is 5.97 Å². The van der Waals surface area contributed by atoms with Crippen LogP contribution in [0.5, 0.6) is 11.5 Å². The number of rotatable bonds is 4. The Kier molecular flexibility index (Phi) is 3.66. The predicted molar refractivity (Wildman–Crippen MR) is 64.5 cm³/mol. The molecule has 0 spiro atoms. The van der Waals surface area contributed by atoms with Crippen molar-refractivity contribution in [1.82, 2.24) is 0 Å². The van der Waals surface area contributed by atoms with Gasteiger partial charge in [-0.25, -0.2) is 0 Å². The number of carboxylic acid groups (broad SMARTS) is 1. The fraction of sp³-hybridized carbons (Fsp3) is 0.462. The van der Waals surface area contributed by atoms with E-state index in [1.165, 1.54) is 13.2 Å². The summed E-state index contributed by atoms with van der Waals surface area (Å²) < 4.78 is 5.18. The maximum absolute atomic E-state index is 11.1. The van der Waals surface area contributed by atoms with Crippen LogP contribution in [0.15, 0.2) is 12.1 Å². The van der Waals surface area contributed by atoms with E-state index in [0.29, 0.717) is 12.2 Å². The number of carbonyl (C=O) groups is 1. The zero-order chi connectivity index (χ0) is 13.2. The molecule has 0 amide bonds. The Hall–Kier alpha value is -1.71. The van der Waals surface area contributed by atoms with Crippen molar-refractivity contribution in [2.24, 2.45) is 5.41 Å². The van der Waals surface area contributed by atoms with Gasteiger partial charge in [0, 0.05) is 6.07 Å². The summed E-state index contributed by atoms with van der Waals surface area (Å²) in [6.07, 6.45) is 0.359. The Balaban J connectivity index is 3.18. The van der Waals surface area contributed by atoms with E-state index in [1.54, 1.807) is 19.9 Å². The highest BCUT2D eigenvalue weighted by molar-refractivity contribution is 5.74. The molecular weight excluding hydrogens is 220 g/mol. The average Bonchev–Trinajstić information content (AvgIpc) is 2.21. The van der Waals surface area contributed by atoms with Crippen molar-refractivity contribution in [3.8, 4) is 11.5 Å². The molecule has 0 unspecified atom stereocenters. The summed E-state index contributed by atoms with van der Waals surface area (Å²) in [6.45, 7) is 5.16. The van der Waals surface area contributed by atoms with Gasteiger partial charge in [0.25, 0.3) is 0 Å². The Morgan fingerprint density at radius 3 is 2.47 bits per heavy atom. The average molecular weight is 238 g/mol. The first kappa shape index (κ1) is 13.4. The van der Waals surface area contributed by atoms with E-state index in [2.05, 4.69) is 0 Å². The van der Waals surface area contributed by atoms with Gasteiger partial charge in [0.1, 0.15) is 11.5 Å². The van der Waals surface area contributed by atoms with Crippen molar-refractivity contribution in [3.05, 3.63) is 23.3 Å². The number of hydrogen-bond acceptors (Lipinski definition) is 3. The highest BCUT2D eigenvalue weighted by Gasteiger charge is 2.29. The van der Waals surface area contributed by atoms with E-state index < -0.39 is 11.4 Å². The summed E-state index contributed by atoms with van der Waals surface area (Å²) in [5.41, 5.74) is 0.781. The first-order valence-corrected chi connectivity index (χ1v) is 5.38. The third-order valence-electron chi connectivity index (χ3n) is 2.83. The van der Waals surface area contributed by atoms with Gasteiger partial charge in [-0.2, -0.15) is 0 Å². The van der Waals surface area contributed by atoms with E-state index >= 15 is 0 Å². The van der Waals surface area contributed by atoms with Crippen LogP contribution < -0.4 is 4.74 Å². The van der Waals surface area contributed by atoms with Crippen LogP contribution in [0.1, 0.15) is 25.0 Å². The van der Waals surface area contributed by atoms with Gasteiger partial charge in [-0.05, 0) is 44.4 Å². The highest BCUT2D eigenvalue weighted by atomic mass is 16.5. The zero-order valence-electron chi connectivity index (χ0n) is 10.6. The largest absolute Gasteiger partial charge is 0.508 e. The van der Waals surface area contributed by atoms with Crippen LogP contribution in [0, 0.1) is 12.3 Å². The summed E-state index contributed by atoms with van der Waals surface area (Å²) in [6, 6.07) is 3.11. The normalized spacial score (nSPS) is 11.3. The van der Waals surface area contributed by atoms with Crippen LogP contribution in [0.25, 0.3) is 0 Å². The molecular formula is C13H18O4. The lowest BCUT2D eigenvalue weighted by Gasteiger charge is -2.22. The molecule has 17 heavy (non-hydrogen) atoms. The molecule has 0 aliphatic carbocycles. The number of aromatic hydroxyl groups is 1. The van der Waals surface area contributed by atoms with Crippen LogP contribution in [-0.2, 0) is 11.2 Å². The number of methoxy groups -OCH3 is 1. The van der Waals surface area contributed by atoms with Crippen molar-refractivity contribution in [1.29, 1.82) is 0 Å². The molecule has 4 heteroatoms. The molecule has 0 aliphatic heterocycles. The van der Waals surface area contributed by atoms with Crippen molar-refractivity contribution in [3.63, 3.8) is 0 Å². The SMILES string of the molecule is COc1cc(O)cc(C)c1CC(C)(C)C(=O)O. The van der Waals surface area contributed by atoms with Crippen LogP contribution in [0.3, 0.4) is 0 Å². The molecule has 0 saturated carbocycles. The molecule has 94 valence electrons. The van der Waals surface area contributed by atoms with E-state index in [-0.39, 0.29) is 5.75 Å². The summed E-state index contributed by atoms with van der Waals surface area (Å²) >= 11 is 0. The second-order valence-electron chi connectivity index (χ2n) is 4.81. The molecule has 1 aromatic rings. The lowest BCUT2D eigenvalue weighted by Crippen LogP contribution is -2.26. The Morgan fingerprint density at radius 2 is 2.00 bits per heavy atom. The van der Waals surface area contributed by atoms with E-state index in [1.807, 2.05) is 6.92 Å². The van der Waals surface area contributed by atoms with Gasteiger partial charge < -0.3 is 14.9 Å². The van der Waals surface area contributed by atoms with E-state index in [4.69, 9.17) is 9.84 Å². The van der Waals surface area contributed by atoms with Crippen molar-refractivity contribution in [2.45, 2.75) is 27.2 Å². The fourth-order valence-electron chi connectivity index (χ4n) is 1.69. The lowest BCUT2D eigenvalue weighted by molar-refractivity contribution is -0.146. The Morgan fingerprint density at radius 1 is 1.41 bits per heavy atom. The van der Waals surface area contributed by atoms with Gasteiger partial charge in [0.05, 0.1) is 12.5 Å². The summed E-state index contributed by atoms with van der Waals surface area (Å²) in [7, 11) is 1.51. The first-order chi connectivity index (χ1) is 7.77. The molecule has 0 fully saturated rings. The number of hydrogen-bond donors (Lipinski definition) is 2. The summed E-state index contributed by atoms with van der Waals surface area (Å²) in [5, 5.41) is 18.6. The van der Waals surface area contributed by atoms with Gasteiger partial charge in [-0.3, -0.25) is 4.79 Å². The fourth-order valence-corrected chi connectivity index (χ4v) is 1.69. The monoisotopic (exact) mass is 238 g/mol. The minimum atomic E-state index is -0.866. The summed E-state index contributed by atoms with van der Waals surface area (Å²) in [5.74, 6) is -0.208. The van der Waals surface area contributed by atoms with Crippen LogP contribution in [0.2, 0.25) is 0 Å². The van der Waals surface area contributed by atoms with Crippen LogP contribution in [0.4, 0.5) is 0 Å². The number of aryl methyl sites for hydroxylation is 1. The van der Waals surface area contributed by atoms with Crippen LogP contribution in [-0.4, -0.2) is 23.3 Å².